The van der Waals surface area contributed by atoms with E-state index in [-0.39, 0.29) is 18.4 Å². The molecule has 0 aliphatic rings. The molecule has 4 N–H and O–H groups in total. The predicted molar refractivity (Wildman–Crippen MR) is 81.3 cm³/mol. The molecule has 90 valence electrons. The molecule has 1 aromatic carbocycles. The van der Waals surface area contributed by atoms with E-state index in [0.717, 1.165) is 7.14 Å². The first-order chi connectivity index (χ1) is 7.29. The second-order valence-electron chi connectivity index (χ2n) is 4.45. The number of nitrogens with two attached hydrogens (primary N) is 1. The third-order valence-corrected chi connectivity index (χ3v) is 4.09. The smallest absolute Gasteiger partial charge is 0.133 e. The van der Waals surface area contributed by atoms with E-state index in [4.69, 9.17) is 5.73 Å². The summed E-state index contributed by atoms with van der Waals surface area (Å²) < 4.78 is 1.81. The zero-order valence-corrected chi connectivity index (χ0v) is 13.5. The van der Waals surface area contributed by atoms with E-state index in [9.17, 15) is 10.2 Å². The first kappa shape index (κ1) is 14.5. The second kappa shape index (κ2) is 5.36. The number of hydrogen-bond donors (Lipinski definition) is 3. The van der Waals surface area contributed by atoms with E-state index in [1.165, 1.54) is 0 Å². The van der Waals surface area contributed by atoms with Crippen molar-refractivity contribution in [3.05, 3.63) is 24.8 Å². The van der Waals surface area contributed by atoms with Gasteiger partial charge in [-0.05, 0) is 57.3 Å². The van der Waals surface area contributed by atoms with Crippen molar-refractivity contribution >= 4 is 45.2 Å². The number of rotatable bonds is 3. The van der Waals surface area contributed by atoms with Crippen LogP contribution in [0.4, 0.5) is 0 Å². The van der Waals surface area contributed by atoms with Gasteiger partial charge in [0.05, 0.1) is 3.57 Å². The van der Waals surface area contributed by atoms with Crippen molar-refractivity contribution in [1.29, 1.82) is 0 Å². The Hall–Kier alpha value is 0.400. The van der Waals surface area contributed by atoms with Gasteiger partial charge in [-0.3, -0.25) is 0 Å². The van der Waals surface area contributed by atoms with Crippen LogP contribution in [0.5, 0.6) is 5.75 Å². The van der Waals surface area contributed by atoms with Crippen LogP contribution in [0.3, 0.4) is 0 Å². The van der Waals surface area contributed by atoms with Gasteiger partial charge in [-0.1, -0.05) is 13.8 Å². The van der Waals surface area contributed by atoms with Crippen molar-refractivity contribution in [2.75, 3.05) is 6.61 Å². The molecule has 0 unspecified atom stereocenters. The summed E-state index contributed by atoms with van der Waals surface area (Å²) in [6, 6.07) is 3.36. The number of hydrogen-bond acceptors (Lipinski definition) is 3. The molecule has 1 aromatic rings. The highest BCUT2D eigenvalue weighted by Crippen LogP contribution is 2.38. The molecule has 0 spiro atoms. The van der Waals surface area contributed by atoms with Gasteiger partial charge in [0, 0.05) is 27.2 Å². The van der Waals surface area contributed by atoms with Crippen molar-refractivity contribution in [2.24, 2.45) is 11.1 Å². The molecular weight excluding hydrogens is 432 g/mol. The molecule has 0 fully saturated rings. The lowest BCUT2D eigenvalue weighted by Crippen LogP contribution is -2.32. The number of phenolic OH excluding ortho intramolecular Hbond substituents is 1. The normalized spacial score (nSPS) is 13.9. The summed E-state index contributed by atoms with van der Waals surface area (Å²) in [6.45, 7) is 3.74. The summed E-state index contributed by atoms with van der Waals surface area (Å²) in [5.74, 6) is 0.218. The fraction of sp³-hybridized carbons (Fsp3) is 0.455. The van der Waals surface area contributed by atoms with Crippen LogP contribution < -0.4 is 5.73 Å². The topological polar surface area (TPSA) is 66.5 Å². The molecule has 0 aliphatic carbocycles. The van der Waals surface area contributed by atoms with Crippen molar-refractivity contribution in [3.8, 4) is 5.75 Å². The first-order valence-electron chi connectivity index (χ1n) is 4.84. The van der Waals surface area contributed by atoms with Gasteiger partial charge < -0.3 is 15.9 Å². The zero-order chi connectivity index (χ0) is 12.5. The second-order valence-corrected chi connectivity index (χ2v) is 6.86. The zero-order valence-electron chi connectivity index (χ0n) is 9.17. The number of aliphatic hydroxyl groups is 1. The Kier molecular flexibility index (Phi) is 4.85. The maximum absolute atomic E-state index is 9.98. The molecular formula is C11H15I2NO2. The number of phenols is 1. The SMILES string of the molecule is CC(C)(CO)[C@@H](N)c1cc(I)cc(I)c1O. The van der Waals surface area contributed by atoms with Crippen LogP contribution in [0.15, 0.2) is 12.1 Å². The molecule has 0 heterocycles. The van der Waals surface area contributed by atoms with Gasteiger partial charge in [0.15, 0.2) is 0 Å². The van der Waals surface area contributed by atoms with E-state index < -0.39 is 5.41 Å². The standard InChI is InChI=1S/C11H15I2NO2/c1-11(2,5-15)10(14)7-3-6(12)4-8(13)9(7)16/h3-4,10,15-16H,5,14H2,1-2H3/t10-/m0/s1. The van der Waals surface area contributed by atoms with Crippen LogP contribution in [-0.4, -0.2) is 16.8 Å². The quantitative estimate of drug-likeness (QED) is 0.625. The Bertz CT molecular complexity index is 394. The summed E-state index contributed by atoms with van der Waals surface area (Å²) >= 11 is 4.26. The number of halogens is 2. The molecule has 0 saturated heterocycles. The fourth-order valence-corrected chi connectivity index (χ4v) is 3.23. The lowest BCUT2D eigenvalue weighted by molar-refractivity contribution is 0.131. The first-order valence-corrected chi connectivity index (χ1v) is 6.99. The third-order valence-electron chi connectivity index (χ3n) is 2.64. The molecule has 0 amide bonds. The molecule has 0 saturated carbocycles. The Morgan fingerprint density at radius 3 is 2.44 bits per heavy atom. The van der Waals surface area contributed by atoms with Gasteiger partial charge in [-0.25, -0.2) is 0 Å². The minimum Gasteiger partial charge on any atom is -0.506 e. The molecule has 3 nitrogen and oxygen atoms in total. The van der Waals surface area contributed by atoms with E-state index in [0.29, 0.717) is 5.56 Å². The summed E-state index contributed by atoms with van der Waals surface area (Å²) in [5, 5.41) is 19.3. The molecule has 5 heteroatoms. The van der Waals surface area contributed by atoms with E-state index >= 15 is 0 Å². The van der Waals surface area contributed by atoms with Crippen molar-refractivity contribution in [3.63, 3.8) is 0 Å². The van der Waals surface area contributed by atoms with Crippen LogP contribution >= 0.6 is 45.2 Å². The summed E-state index contributed by atoms with van der Waals surface area (Å²) in [4.78, 5) is 0. The minimum atomic E-state index is -0.453. The highest BCUT2D eigenvalue weighted by molar-refractivity contribution is 14.1. The van der Waals surface area contributed by atoms with Crippen LogP contribution in [0, 0.1) is 12.6 Å². The van der Waals surface area contributed by atoms with Gasteiger partial charge in [0.25, 0.3) is 0 Å². The summed E-state index contributed by atoms with van der Waals surface area (Å²) in [5.41, 5.74) is 6.33. The number of aliphatic hydroxyl groups excluding tert-OH is 1. The lowest BCUT2D eigenvalue weighted by atomic mass is 9.81. The molecule has 0 aromatic heterocycles. The lowest BCUT2D eigenvalue weighted by Gasteiger charge is -2.30. The largest absolute Gasteiger partial charge is 0.506 e. The van der Waals surface area contributed by atoms with Crippen LogP contribution in [0.1, 0.15) is 25.5 Å². The van der Waals surface area contributed by atoms with Gasteiger partial charge >= 0.3 is 0 Å². The highest BCUT2D eigenvalue weighted by atomic mass is 127. The predicted octanol–water partition coefficient (Wildman–Crippen LogP) is 2.62. The average Bonchev–Trinajstić information content (AvgIpc) is 2.22. The van der Waals surface area contributed by atoms with Crippen molar-refractivity contribution in [2.45, 2.75) is 19.9 Å². The van der Waals surface area contributed by atoms with Gasteiger partial charge in [-0.2, -0.15) is 0 Å². The highest BCUT2D eigenvalue weighted by Gasteiger charge is 2.29. The number of benzene rings is 1. The molecule has 0 radical (unpaired) electrons. The van der Waals surface area contributed by atoms with Crippen LogP contribution in [0.2, 0.25) is 0 Å². The molecule has 1 atom stereocenters. The molecule has 16 heavy (non-hydrogen) atoms. The Labute approximate surface area is 123 Å². The Morgan fingerprint density at radius 1 is 1.38 bits per heavy atom. The minimum absolute atomic E-state index is 0.0182. The van der Waals surface area contributed by atoms with Gasteiger partial charge in [0.1, 0.15) is 5.75 Å². The summed E-state index contributed by atoms with van der Waals surface area (Å²) in [7, 11) is 0. The van der Waals surface area contributed by atoms with E-state index in [1.807, 2.05) is 26.0 Å². The summed E-state index contributed by atoms with van der Waals surface area (Å²) in [6.07, 6.45) is 0. The maximum Gasteiger partial charge on any atom is 0.133 e. The van der Waals surface area contributed by atoms with Gasteiger partial charge in [0.2, 0.25) is 0 Å². The number of aromatic hydroxyl groups is 1. The molecule has 0 bridgehead atoms. The van der Waals surface area contributed by atoms with Crippen LogP contribution in [0.25, 0.3) is 0 Å². The van der Waals surface area contributed by atoms with E-state index in [2.05, 4.69) is 45.2 Å². The third kappa shape index (κ3) is 2.99. The Balaban J connectivity index is 3.23. The molecule has 1 rings (SSSR count). The average molecular weight is 447 g/mol. The van der Waals surface area contributed by atoms with Crippen molar-refractivity contribution < 1.29 is 10.2 Å². The van der Waals surface area contributed by atoms with Gasteiger partial charge in [-0.15, -0.1) is 0 Å². The fourth-order valence-electron chi connectivity index (χ4n) is 1.34. The maximum atomic E-state index is 9.98. The molecule has 0 aliphatic heterocycles. The van der Waals surface area contributed by atoms with Crippen LogP contribution in [-0.2, 0) is 0 Å². The monoisotopic (exact) mass is 447 g/mol. The van der Waals surface area contributed by atoms with Crippen molar-refractivity contribution in [1.82, 2.24) is 0 Å². The Morgan fingerprint density at radius 2 is 1.94 bits per heavy atom. The van der Waals surface area contributed by atoms with E-state index in [1.54, 1.807) is 0 Å².